The Balaban J connectivity index is 1.36. The quantitative estimate of drug-likeness (QED) is 0.261. The minimum absolute atomic E-state index is 0.00678. The van der Waals surface area contributed by atoms with Crippen LogP contribution in [0.15, 0.2) is 42.5 Å². The Labute approximate surface area is 236 Å². The summed E-state index contributed by atoms with van der Waals surface area (Å²) in [6.07, 6.45) is 7.16. The van der Waals surface area contributed by atoms with Crippen molar-refractivity contribution in [3.8, 4) is 0 Å². The number of benzene rings is 2. The number of fused-ring (bicyclic) bond motifs is 2. The molecule has 3 unspecified atom stereocenters. The molecule has 3 aromatic rings. The van der Waals surface area contributed by atoms with Gasteiger partial charge in [-0.25, -0.2) is 9.78 Å². The molecule has 0 spiro atoms. The van der Waals surface area contributed by atoms with Crippen molar-refractivity contribution >= 4 is 23.0 Å². The monoisotopic (exact) mass is 546 g/mol. The summed E-state index contributed by atoms with van der Waals surface area (Å²) in [4.78, 5) is 34.4. The fourth-order valence-electron chi connectivity index (χ4n) is 6.20. The fraction of sp³-hybridized carbons (Fsp3) is 0.516. The number of nitrogens with two attached hydrogens (primary N) is 1. The van der Waals surface area contributed by atoms with Crippen LogP contribution in [0.25, 0.3) is 11.0 Å². The maximum atomic E-state index is 13.0. The SMILES string of the molecule is CCC(N)CNC1(C(=O)NC)Cc2cc3nc(C(NC(=O)OCc4ccccc4)C4CCCCC4)[nH]c3cc2C1. The van der Waals surface area contributed by atoms with Gasteiger partial charge >= 0.3 is 6.09 Å². The van der Waals surface area contributed by atoms with Gasteiger partial charge in [0.15, 0.2) is 0 Å². The smallest absolute Gasteiger partial charge is 0.408 e. The second-order valence-corrected chi connectivity index (χ2v) is 11.4. The van der Waals surface area contributed by atoms with Crippen LogP contribution in [0.3, 0.4) is 0 Å². The van der Waals surface area contributed by atoms with Crippen molar-refractivity contribution in [2.45, 2.75) is 82.5 Å². The van der Waals surface area contributed by atoms with E-state index in [1.807, 2.05) is 37.3 Å². The summed E-state index contributed by atoms with van der Waals surface area (Å²) in [5.74, 6) is 1.02. The molecule has 1 saturated carbocycles. The van der Waals surface area contributed by atoms with Gasteiger partial charge in [0.05, 0.1) is 17.1 Å². The number of carbonyl (C=O) groups is 2. The van der Waals surface area contributed by atoms with E-state index in [-0.39, 0.29) is 24.6 Å². The highest BCUT2D eigenvalue weighted by atomic mass is 16.5. The van der Waals surface area contributed by atoms with E-state index in [1.165, 1.54) is 6.42 Å². The minimum Gasteiger partial charge on any atom is -0.445 e. The Morgan fingerprint density at radius 1 is 1.12 bits per heavy atom. The van der Waals surface area contributed by atoms with Crippen LogP contribution in [-0.2, 0) is 29.0 Å². The number of ether oxygens (including phenoxy) is 1. The van der Waals surface area contributed by atoms with Crippen LogP contribution in [-0.4, -0.2) is 47.1 Å². The molecule has 1 aromatic heterocycles. The summed E-state index contributed by atoms with van der Waals surface area (Å²) in [7, 11) is 1.68. The molecule has 2 aromatic carbocycles. The molecule has 0 radical (unpaired) electrons. The molecular weight excluding hydrogens is 504 g/mol. The van der Waals surface area contributed by atoms with Crippen LogP contribution in [0, 0.1) is 5.92 Å². The largest absolute Gasteiger partial charge is 0.445 e. The van der Waals surface area contributed by atoms with E-state index in [1.54, 1.807) is 7.05 Å². The Kier molecular flexibility index (Phi) is 8.71. The number of aromatic amines is 1. The van der Waals surface area contributed by atoms with Gasteiger partial charge in [0, 0.05) is 32.5 Å². The molecule has 0 saturated heterocycles. The van der Waals surface area contributed by atoms with Crippen molar-refractivity contribution < 1.29 is 14.3 Å². The third-order valence-corrected chi connectivity index (χ3v) is 8.60. The normalized spacial score (nSPS) is 18.2. The van der Waals surface area contributed by atoms with Gasteiger partial charge in [-0.05, 0) is 54.0 Å². The second-order valence-electron chi connectivity index (χ2n) is 11.4. The third kappa shape index (κ3) is 6.15. The number of likely N-dealkylation sites (N-methyl/N-ethyl adjacent to an activating group) is 1. The first kappa shape index (κ1) is 28.1. The van der Waals surface area contributed by atoms with E-state index in [9.17, 15) is 9.59 Å². The number of amides is 2. The third-order valence-electron chi connectivity index (χ3n) is 8.60. The highest BCUT2D eigenvalue weighted by Crippen LogP contribution is 2.37. The number of alkyl carbamates (subject to hydrolysis) is 1. The van der Waals surface area contributed by atoms with Crippen LogP contribution >= 0.6 is 0 Å². The number of rotatable bonds is 10. The maximum absolute atomic E-state index is 13.0. The van der Waals surface area contributed by atoms with E-state index >= 15 is 0 Å². The van der Waals surface area contributed by atoms with E-state index in [4.69, 9.17) is 15.5 Å². The van der Waals surface area contributed by atoms with E-state index < -0.39 is 11.6 Å². The van der Waals surface area contributed by atoms with Gasteiger partial charge in [-0.2, -0.15) is 0 Å². The first-order chi connectivity index (χ1) is 19.4. The molecule has 1 heterocycles. The molecule has 0 bridgehead atoms. The number of carbonyl (C=O) groups excluding carboxylic acids is 2. The van der Waals surface area contributed by atoms with E-state index in [0.29, 0.717) is 25.3 Å². The number of hydrogen-bond donors (Lipinski definition) is 5. The number of nitrogens with one attached hydrogen (secondary N) is 4. The summed E-state index contributed by atoms with van der Waals surface area (Å²) in [6.45, 7) is 2.85. The van der Waals surface area contributed by atoms with Crippen molar-refractivity contribution in [2.24, 2.45) is 11.7 Å². The van der Waals surface area contributed by atoms with E-state index in [0.717, 1.165) is 65.7 Å². The molecular formula is C31H42N6O3. The van der Waals surface area contributed by atoms with Crippen LogP contribution in [0.5, 0.6) is 0 Å². The Bertz CT molecular complexity index is 1270. The lowest BCUT2D eigenvalue weighted by atomic mass is 9.83. The second kappa shape index (κ2) is 12.4. The van der Waals surface area contributed by atoms with Crippen LogP contribution in [0.2, 0.25) is 0 Å². The number of nitrogens with zero attached hydrogens (tertiary/aromatic N) is 1. The topological polar surface area (TPSA) is 134 Å². The number of hydrogen-bond acceptors (Lipinski definition) is 6. The summed E-state index contributed by atoms with van der Waals surface area (Å²) < 4.78 is 5.57. The predicted molar refractivity (Wildman–Crippen MR) is 156 cm³/mol. The van der Waals surface area contributed by atoms with Gasteiger partial charge < -0.3 is 31.4 Å². The molecule has 5 rings (SSSR count). The van der Waals surface area contributed by atoms with Gasteiger partial charge in [-0.3, -0.25) is 4.79 Å². The Morgan fingerprint density at radius 2 is 1.85 bits per heavy atom. The maximum Gasteiger partial charge on any atom is 0.408 e. The van der Waals surface area contributed by atoms with Gasteiger partial charge in [0.2, 0.25) is 5.91 Å². The standard InChI is InChI=1S/C31H42N6O3/c1-3-24(32)18-34-31(29(38)33-2)16-22-14-25-26(15-23(22)17-31)36-28(35-25)27(21-12-8-5-9-13-21)37-30(39)40-19-20-10-6-4-7-11-20/h4,6-7,10-11,14-15,21,24,27,34H,3,5,8-9,12-13,16-19,32H2,1-2H3,(H,33,38)(H,35,36)(H,37,39). The zero-order valence-corrected chi connectivity index (χ0v) is 23.6. The molecule has 2 amide bonds. The minimum atomic E-state index is -0.722. The Morgan fingerprint density at radius 3 is 2.55 bits per heavy atom. The lowest BCUT2D eigenvalue weighted by Crippen LogP contribution is -2.59. The molecule has 9 nitrogen and oxygen atoms in total. The van der Waals surface area contributed by atoms with Gasteiger partial charge in [0.25, 0.3) is 0 Å². The highest BCUT2D eigenvalue weighted by Gasteiger charge is 2.43. The Hall–Kier alpha value is -3.43. The average Bonchev–Trinajstić information content (AvgIpc) is 3.57. The molecule has 40 heavy (non-hydrogen) atoms. The molecule has 9 heteroatoms. The number of H-pyrrole nitrogens is 1. The summed E-state index contributed by atoms with van der Waals surface area (Å²) in [5.41, 5.74) is 10.4. The molecule has 6 N–H and O–H groups in total. The van der Waals surface area contributed by atoms with Gasteiger partial charge in [0.1, 0.15) is 18.0 Å². The molecule has 2 aliphatic carbocycles. The first-order valence-electron chi connectivity index (χ1n) is 14.6. The van der Waals surface area contributed by atoms with E-state index in [2.05, 4.69) is 33.1 Å². The molecule has 1 fully saturated rings. The van der Waals surface area contributed by atoms with Crippen LogP contribution in [0.1, 0.15) is 74.0 Å². The summed E-state index contributed by atoms with van der Waals surface area (Å²) >= 11 is 0. The van der Waals surface area contributed by atoms with Crippen LogP contribution < -0.4 is 21.7 Å². The van der Waals surface area contributed by atoms with Crippen molar-refractivity contribution in [2.75, 3.05) is 13.6 Å². The molecule has 2 aliphatic rings. The van der Waals surface area contributed by atoms with Gasteiger partial charge in [-0.1, -0.05) is 56.5 Å². The van der Waals surface area contributed by atoms with Crippen molar-refractivity contribution in [1.82, 2.24) is 25.9 Å². The molecule has 3 atom stereocenters. The lowest BCUT2D eigenvalue weighted by molar-refractivity contribution is -0.126. The summed E-state index contributed by atoms with van der Waals surface area (Å²) in [5, 5.41) is 9.45. The fourth-order valence-corrected chi connectivity index (χ4v) is 6.20. The average molecular weight is 547 g/mol. The molecule has 0 aliphatic heterocycles. The first-order valence-corrected chi connectivity index (χ1v) is 14.6. The molecule has 214 valence electrons. The number of imidazole rings is 1. The zero-order chi connectivity index (χ0) is 28.1. The number of aromatic nitrogens is 2. The summed E-state index contributed by atoms with van der Waals surface area (Å²) in [6, 6.07) is 13.6. The van der Waals surface area contributed by atoms with Gasteiger partial charge in [-0.15, -0.1) is 0 Å². The zero-order valence-electron chi connectivity index (χ0n) is 23.6. The van der Waals surface area contributed by atoms with Crippen molar-refractivity contribution in [3.63, 3.8) is 0 Å². The predicted octanol–water partition coefficient (Wildman–Crippen LogP) is 4.02. The highest BCUT2D eigenvalue weighted by molar-refractivity contribution is 5.89. The van der Waals surface area contributed by atoms with Crippen molar-refractivity contribution in [3.05, 3.63) is 65.0 Å². The lowest BCUT2D eigenvalue weighted by Gasteiger charge is -2.30. The van der Waals surface area contributed by atoms with Crippen LogP contribution in [0.4, 0.5) is 4.79 Å². The van der Waals surface area contributed by atoms with Crippen molar-refractivity contribution in [1.29, 1.82) is 0 Å².